The third-order valence-electron chi connectivity index (χ3n) is 3.26. The summed E-state index contributed by atoms with van der Waals surface area (Å²) in [6.07, 6.45) is 3.04. The maximum Gasteiger partial charge on any atom is 0.458 e. The van der Waals surface area contributed by atoms with Crippen LogP contribution in [0.5, 0.6) is 5.75 Å². The number of benzene rings is 1. The minimum atomic E-state index is -0.945. The largest absolute Gasteiger partial charge is 0.458 e. The van der Waals surface area contributed by atoms with Crippen LogP contribution in [0, 0.1) is 6.92 Å². The molecule has 0 aromatic heterocycles. The number of rotatable bonds is 2. The highest BCUT2D eigenvalue weighted by Crippen LogP contribution is 2.20. The van der Waals surface area contributed by atoms with E-state index in [1.165, 1.54) is 6.42 Å². The van der Waals surface area contributed by atoms with Gasteiger partial charge in [0.25, 0.3) is 0 Å². The van der Waals surface area contributed by atoms with Gasteiger partial charge < -0.3 is 9.47 Å². The van der Waals surface area contributed by atoms with Crippen molar-refractivity contribution in [3.63, 3.8) is 0 Å². The molecule has 112 valence electrons. The van der Waals surface area contributed by atoms with Gasteiger partial charge in [0.1, 0.15) is 11.9 Å². The van der Waals surface area contributed by atoms with Gasteiger partial charge in [-0.3, -0.25) is 0 Å². The average Bonchev–Trinajstić information content (AvgIpc) is 2.49. The molecule has 1 fully saturated rings. The van der Waals surface area contributed by atoms with Crippen LogP contribution in [0.1, 0.15) is 37.7 Å². The number of carbonyl (C=O) groups excluding carboxylic acids is 2. The number of aryl methyl sites for hydroxylation is 1. The van der Waals surface area contributed by atoms with Crippen molar-refractivity contribution in [3.8, 4) is 5.75 Å². The Balaban J connectivity index is 1.78. The Morgan fingerprint density at radius 2 is 1.62 bits per heavy atom. The minimum Gasteiger partial charge on any atom is -0.444 e. The molecule has 1 aromatic carbocycles. The Kier molecular flexibility index (Phi) is 5.43. The van der Waals surface area contributed by atoms with Gasteiger partial charge in [0.15, 0.2) is 0 Å². The third kappa shape index (κ3) is 5.33. The number of amides is 2. The van der Waals surface area contributed by atoms with E-state index < -0.39 is 12.2 Å². The highest BCUT2D eigenvalue weighted by atomic mass is 16.6. The predicted molar refractivity (Wildman–Crippen MR) is 75.4 cm³/mol. The minimum absolute atomic E-state index is 0.113. The molecule has 6 nitrogen and oxygen atoms in total. The quantitative estimate of drug-likeness (QED) is 0.755. The molecule has 0 aliphatic heterocycles. The zero-order valence-corrected chi connectivity index (χ0v) is 11.9. The van der Waals surface area contributed by atoms with Crippen LogP contribution in [0.2, 0.25) is 0 Å². The number of ether oxygens (including phenoxy) is 2. The second-order valence-corrected chi connectivity index (χ2v) is 5.02. The molecular formula is C15H18N2O4. The van der Waals surface area contributed by atoms with E-state index in [4.69, 9.17) is 9.47 Å². The van der Waals surface area contributed by atoms with Gasteiger partial charge in [-0.2, -0.15) is 0 Å². The summed E-state index contributed by atoms with van der Waals surface area (Å²) in [5, 5.41) is 6.42. The molecule has 0 unspecified atom stereocenters. The number of carbonyl (C=O) groups is 2. The highest BCUT2D eigenvalue weighted by Gasteiger charge is 2.17. The Hall–Kier alpha value is -2.24. The van der Waals surface area contributed by atoms with Crippen LogP contribution >= 0.6 is 0 Å². The molecule has 0 N–H and O–H groups in total. The maximum atomic E-state index is 11.4. The number of nitrogens with zero attached hydrogens (tertiary/aromatic N) is 2. The molecule has 0 atom stereocenters. The van der Waals surface area contributed by atoms with Crippen molar-refractivity contribution < 1.29 is 19.1 Å². The normalized spacial score (nSPS) is 15.9. The van der Waals surface area contributed by atoms with E-state index in [-0.39, 0.29) is 6.10 Å². The fourth-order valence-electron chi connectivity index (χ4n) is 2.16. The van der Waals surface area contributed by atoms with Gasteiger partial charge in [0, 0.05) is 0 Å². The summed E-state index contributed by atoms with van der Waals surface area (Å²) < 4.78 is 10.0. The molecule has 0 saturated heterocycles. The van der Waals surface area contributed by atoms with Crippen LogP contribution in [0.25, 0.3) is 0 Å². The van der Waals surface area contributed by atoms with E-state index in [0.29, 0.717) is 5.75 Å². The van der Waals surface area contributed by atoms with Gasteiger partial charge >= 0.3 is 12.2 Å². The van der Waals surface area contributed by atoms with Gasteiger partial charge in [-0.25, -0.2) is 9.59 Å². The molecule has 0 spiro atoms. The summed E-state index contributed by atoms with van der Waals surface area (Å²) in [5.74, 6) is 0.352. The van der Waals surface area contributed by atoms with E-state index in [2.05, 4.69) is 10.2 Å². The topological polar surface area (TPSA) is 77.3 Å². The van der Waals surface area contributed by atoms with Crippen molar-refractivity contribution in [2.45, 2.75) is 45.1 Å². The molecule has 1 aliphatic carbocycles. The summed E-state index contributed by atoms with van der Waals surface area (Å²) in [5.41, 5.74) is 1.05. The van der Waals surface area contributed by atoms with E-state index in [1.54, 1.807) is 24.3 Å². The predicted octanol–water partition coefficient (Wildman–Crippen LogP) is 4.42. The summed E-state index contributed by atoms with van der Waals surface area (Å²) in [4.78, 5) is 22.8. The smallest absolute Gasteiger partial charge is 0.444 e. The molecule has 0 heterocycles. The van der Waals surface area contributed by atoms with Crippen molar-refractivity contribution in [2.75, 3.05) is 0 Å². The first-order valence-corrected chi connectivity index (χ1v) is 7.04. The fraction of sp³-hybridized carbons (Fsp3) is 0.467. The highest BCUT2D eigenvalue weighted by molar-refractivity contribution is 5.74. The lowest BCUT2D eigenvalue weighted by atomic mass is 9.98. The summed E-state index contributed by atoms with van der Waals surface area (Å²) in [6.45, 7) is 1.92. The van der Waals surface area contributed by atoms with Gasteiger partial charge in [0.05, 0.1) is 0 Å². The number of hydrogen-bond acceptors (Lipinski definition) is 4. The zero-order chi connectivity index (χ0) is 15.1. The lowest BCUT2D eigenvalue weighted by molar-refractivity contribution is 0.0817. The molecule has 2 amide bonds. The molecule has 0 bridgehead atoms. The van der Waals surface area contributed by atoms with Gasteiger partial charge in [-0.15, -0.1) is 0 Å². The van der Waals surface area contributed by atoms with Gasteiger partial charge in [0.2, 0.25) is 0 Å². The van der Waals surface area contributed by atoms with Gasteiger partial charge in [-0.1, -0.05) is 34.3 Å². The van der Waals surface area contributed by atoms with Gasteiger partial charge in [-0.05, 0) is 44.7 Å². The molecule has 6 heteroatoms. The summed E-state index contributed by atoms with van der Waals surface area (Å²) in [6, 6.07) is 6.89. The average molecular weight is 290 g/mol. The molecule has 2 rings (SSSR count). The summed E-state index contributed by atoms with van der Waals surface area (Å²) >= 11 is 0. The van der Waals surface area contributed by atoms with E-state index in [9.17, 15) is 9.59 Å². The lowest BCUT2D eigenvalue weighted by Crippen LogP contribution is -2.19. The van der Waals surface area contributed by atoms with Crippen LogP contribution in [0.3, 0.4) is 0 Å². The lowest BCUT2D eigenvalue weighted by Gasteiger charge is -2.20. The molecule has 1 aliphatic rings. The van der Waals surface area contributed by atoms with Crippen molar-refractivity contribution in [1.29, 1.82) is 0 Å². The first-order valence-electron chi connectivity index (χ1n) is 7.04. The van der Waals surface area contributed by atoms with Crippen LogP contribution in [0.15, 0.2) is 34.5 Å². The van der Waals surface area contributed by atoms with Crippen LogP contribution < -0.4 is 4.74 Å². The monoisotopic (exact) mass is 290 g/mol. The van der Waals surface area contributed by atoms with E-state index in [1.807, 2.05) is 6.92 Å². The van der Waals surface area contributed by atoms with E-state index >= 15 is 0 Å². The molecule has 1 aromatic rings. The zero-order valence-electron chi connectivity index (χ0n) is 11.9. The number of azo groups is 1. The SMILES string of the molecule is Cc1ccc(OC(=O)/N=N/C(=O)OC2CCCCC2)cc1. The second-order valence-electron chi connectivity index (χ2n) is 5.02. The first-order chi connectivity index (χ1) is 10.1. The van der Waals surface area contributed by atoms with E-state index in [0.717, 1.165) is 31.2 Å². The molecule has 1 saturated carbocycles. The Morgan fingerprint density at radius 1 is 1.00 bits per heavy atom. The fourth-order valence-corrected chi connectivity index (χ4v) is 2.16. The Morgan fingerprint density at radius 3 is 2.29 bits per heavy atom. The molecular weight excluding hydrogens is 272 g/mol. The Labute approximate surface area is 123 Å². The third-order valence-corrected chi connectivity index (χ3v) is 3.26. The second kappa shape index (κ2) is 7.52. The summed E-state index contributed by atoms with van der Waals surface area (Å²) in [7, 11) is 0. The van der Waals surface area contributed by atoms with Crippen LogP contribution in [-0.2, 0) is 4.74 Å². The van der Waals surface area contributed by atoms with Crippen molar-refractivity contribution in [3.05, 3.63) is 29.8 Å². The van der Waals surface area contributed by atoms with Crippen molar-refractivity contribution in [2.24, 2.45) is 10.2 Å². The van der Waals surface area contributed by atoms with Crippen LogP contribution in [0.4, 0.5) is 9.59 Å². The first kappa shape index (κ1) is 15.2. The standard InChI is InChI=1S/C15H18N2O4/c1-11-7-9-13(10-8-11)21-15(19)17-16-14(18)20-12-5-3-2-4-6-12/h7-10,12H,2-6H2,1H3/b17-16+. The maximum absolute atomic E-state index is 11.4. The van der Waals surface area contributed by atoms with Crippen molar-refractivity contribution >= 4 is 12.2 Å². The Bertz CT molecular complexity index is 519. The van der Waals surface area contributed by atoms with Crippen LogP contribution in [-0.4, -0.2) is 18.3 Å². The number of hydrogen-bond donors (Lipinski definition) is 0. The molecule has 0 radical (unpaired) electrons. The molecule has 21 heavy (non-hydrogen) atoms. The van der Waals surface area contributed by atoms with Crippen molar-refractivity contribution in [1.82, 2.24) is 0 Å².